The molecular formula is C16H21NO2. The van der Waals surface area contributed by atoms with Crippen LogP contribution in [0, 0.1) is 5.92 Å². The number of hydrogen-bond donors (Lipinski definition) is 2. The van der Waals surface area contributed by atoms with E-state index in [1.54, 1.807) is 0 Å². The summed E-state index contributed by atoms with van der Waals surface area (Å²) < 4.78 is 0. The van der Waals surface area contributed by atoms with Gasteiger partial charge in [0.05, 0.1) is 0 Å². The maximum atomic E-state index is 11.4. The Labute approximate surface area is 114 Å². The second-order valence-corrected chi connectivity index (χ2v) is 5.98. The average molecular weight is 259 g/mol. The SMILES string of the molecule is CC1CCC(NC(C(=O)O)C2CC2)c2ccccc21. The summed E-state index contributed by atoms with van der Waals surface area (Å²) in [5.41, 5.74) is 2.68. The normalized spacial score (nSPS) is 27.6. The largest absolute Gasteiger partial charge is 0.480 e. The van der Waals surface area contributed by atoms with E-state index in [2.05, 4.69) is 36.5 Å². The topological polar surface area (TPSA) is 49.3 Å². The van der Waals surface area contributed by atoms with E-state index in [1.165, 1.54) is 11.1 Å². The van der Waals surface area contributed by atoms with E-state index in [9.17, 15) is 9.90 Å². The van der Waals surface area contributed by atoms with Gasteiger partial charge in [-0.25, -0.2) is 0 Å². The Morgan fingerprint density at radius 1 is 1.21 bits per heavy atom. The first kappa shape index (κ1) is 12.7. The number of aliphatic carboxylic acids is 1. The molecule has 2 N–H and O–H groups in total. The first-order valence-electron chi connectivity index (χ1n) is 7.24. The van der Waals surface area contributed by atoms with Gasteiger partial charge in [-0.2, -0.15) is 0 Å². The minimum absolute atomic E-state index is 0.203. The van der Waals surface area contributed by atoms with Crippen molar-refractivity contribution in [2.24, 2.45) is 5.92 Å². The van der Waals surface area contributed by atoms with Crippen LogP contribution in [0.15, 0.2) is 24.3 Å². The molecule has 19 heavy (non-hydrogen) atoms. The first-order valence-corrected chi connectivity index (χ1v) is 7.24. The first-order chi connectivity index (χ1) is 9.16. The van der Waals surface area contributed by atoms with Crippen molar-refractivity contribution in [2.45, 2.75) is 50.6 Å². The minimum atomic E-state index is -0.696. The maximum Gasteiger partial charge on any atom is 0.320 e. The molecule has 3 unspecified atom stereocenters. The van der Waals surface area contributed by atoms with E-state index in [0.29, 0.717) is 11.8 Å². The average Bonchev–Trinajstić information content (AvgIpc) is 3.22. The molecule has 1 fully saturated rings. The zero-order valence-corrected chi connectivity index (χ0v) is 11.3. The molecule has 3 atom stereocenters. The number of benzene rings is 1. The quantitative estimate of drug-likeness (QED) is 0.873. The Balaban J connectivity index is 1.82. The number of nitrogens with one attached hydrogen (secondary N) is 1. The van der Waals surface area contributed by atoms with Crippen LogP contribution in [0.5, 0.6) is 0 Å². The molecule has 3 rings (SSSR count). The predicted octanol–water partition coefficient (Wildman–Crippen LogP) is 3.08. The molecule has 2 aliphatic rings. The fourth-order valence-corrected chi connectivity index (χ4v) is 3.23. The molecule has 102 valence electrons. The predicted molar refractivity (Wildman–Crippen MR) is 74.1 cm³/mol. The lowest BCUT2D eigenvalue weighted by Crippen LogP contribution is -2.42. The number of rotatable bonds is 4. The van der Waals surface area contributed by atoms with Crippen molar-refractivity contribution in [1.82, 2.24) is 5.32 Å². The third-order valence-electron chi connectivity index (χ3n) is 4.53. The standard InChI is InChI=1S/C16H21NO2/c1-10-6-9-14(13-5-3-2-4-12(10)13)17-15(16(18)19)11-7-8-11/h2-5,10-11,14-15,17H,6-9H2,1H3,(H,18,19). The highest BCUT2D eigenvalue weighted by molar-refractivity contribution is 5.74. The van der Waals surface area contributed by atoms with Crippen molar-refractivity contribution in [1.29, 1.82) is 0 Å². The summed E-state index contributed by atoms with van der Waals surface area (Å²) in [6.45, 7) is 2.25. The number of carboxylic acids is 1. The second-order valence-electron chi connectivity index (χ2n) is 5.98. The van der Waals surface area contributed by atoms with Crippen molar-refractivity contribution in [3.63, 3.8) is 0 Å². The van der Waals surface area contributed by atoms with Crippen molar-refractivity contribution in [3.05, 3.63) is 35.4 Å². The number of hydrogen-bond acceptors (Lipinski definition) is 2. The van der Waals surface area contributed by atoms with Gasteiger partial charge in [-0.3, -0.25) is 10.1 Å². The van der Waals surface area contributed by atoms with Crippen LogP contribution in [-0.2, 0) is 4.79 Å². The molecule has 1 aromatic rings. The van der Waals surface area contributed by atoms with Crippen molar-refractivity contribution in [3.8, 4) is 0 Å². The summed E-state index contributed by atoms with van der Waals surface area (Å²) in [7, 11) is 0. The van der Waals surface area contributed by atoms with Gasteiger partial charge in [0.15, 0.2) is 0 Å². The maximum absolute atomic E-state index is 11.4. The van der Waals surface area contributed by atoms with E-state index in [1.807, 2.05) is 0 Å². The van der Waals surface area contributed by atoms with E-state index in [0.717, 1.165) is 25.7 Å². The lowest BCUT2D eigenvalue weighted by molar-refractivity contribution is -0.140. The molecule has 2 aliphatic carbocycles. The summed E-state index contributed by atoms with van der Waals surface area (Å²) in [5.74, 6) is 0.223. The van der Waals surface area contributed by atoms with Gasteiger partial charge in [-0.1, -0.05) is 31.2 Å². The zero-order valence-electron chi connectivity index (χ0n) is 11.3. The van der Waals surface area contributed by atoms with E-state index in [-0.39, 0.29) is 12.1 Å². The summed E-state index contributed by atoms with van der Waals surface area (Å²) in [4.78, 5) is 11.4. The van der Waals surface area contributed by atoms with Gasteiger partial charge in [0.1, 0.15) is 6.04 Å². The Morgan fingerprint density at radius 3 is 2.53 bits per heavy atom. The van der Waals surface area contributed by atoms with Crippen molar-refractivity contribution >= 4 is 5.97 Å². The van der Waals surface area contributed by atoms with Crippen molar-refractivity contribution in [2.75, 3.05) is 0 Å². The molecular weight excluding hydrogens is 238 g/mol. The Hall–Kier alpha value is -1.35. The molecule has 0 bridgehead atoms. The molecule has 0 saturated heterocycles. The smallest absolute Gasteiger partial charge is 0.320 e. The van der Waals surface area contributed by atoms with Crippen LogP contribution in [0.2, 0.25) is 0 Å². The number of fused-ring (bicyclic) bond motifs is 1. The molecule has 1 saturated carbocycles. The third kappa shape index (κ3) is 2.52. The third-order valence-corrected chi connectivity index (χ3v) is 4.53. The molecule has 3 nitrogen and oxygen atoms in total. The Kier molecular flexibility index (Phi) is 3.31. The molecule has 0 aliphatic heterocycles. The molecule has 0 amide bonds. The van der Waals surface area contributed by atoms with Crippen LogP contribution >= 0.6 is 0 Å². The summed E-state index contributed by atoms with van der Waals surface area (Å²) >= 11 is 0. The second kappa shape index (κ2) is 4.97. The number of carbonyl (C=O) groups is 1. The van der Waals surface area contributed by atoms with Crippen LogP contribution in [0.3, 0.4) is 0 Å². The fraction of sp³-hybridized carbons (Fsp3) is 0.562. The van der Waals surface area contributed by atoms with Gasteiger partial charge in [0, 0.05) is 6.04 Å². The van der Waals surface area contributed by atoms with Crippen LogP contribution in [0.1, 0.15) is 55.7 Å². The van der Waals surface area contributed by atoms with Gasteiger partial charge in [0.2, 0.25) is 0 Å². The van der Waals surface area contributed by atoms with Gasteiger partial charge in [-0.15, -0.1) is 0 Å². The Morgan fingerprint density at radius 2 is 1.89 bits per heavy atom. The summed E-state index contributed by atoms with van der Waals surface area (Å²) in [6.07, 6.45) is 4.27. The van der Waals surface area contributed by atoms with E-state index < -0.39 is 5.97 Å². The molecule has 0 spiro atoms. The van der Waals surface area contributed by atoms with Crippen LogP contribution in [-0.4, -0.2) is 17.1 Å². The van der Waals surface area contributed by atoms with Gasteiger partial charge in [-0.05, 0) is 48.6 Å². The van der Waals surface area contributed by atoms with E-state index in [4.69, 9.17) is 0 Å². The van der Waals surface area contributed by atoms with Crippen LogP contribution in [0.25, 0.3) is 0 Å². The molecule has 0 heterocycles. The fourth-order valence-electron chi connectivity index (χ4n) is 3.23. The van der Waals surface area contributed by atoms with Crippen LogP contribution in [0.4, 0.5) is 0 Å². The van der Waals surface area contributed by atoms with Crippen molar-refractivity contribution < 1.29 is 9.90 Å². The molecule has 1 aromatic carbocycles. The minimum Gasteiger partial charge on any atom is -0.480 e. The van der Waals surface area contributed by atoms with Crippen LogP contribution < -0.4 is 5.32 Å². The zero-order chi connectivity index (χ0) is 13.4. The summed E-state index contributed by atoms with van der Waals surface area (Å²) in [5, 5.41) is 12.7. The molecule has 0 radical (unpaired) electrons. The highest BCUT2D eigenvalue weighted by atomic mass is 16.4. The summed E-state index contributed by atoms with van der Waals surface area (Å²) in [6, 6.07) is 8.29. The lowest BCUT2D eigenvalue weighted by atomic mass is 9.80. The van der Waals surface area contributed by atoms with Gasteiger partial charge >= 0.3 is 5.97 Å². The molecule has 3 heteroatoms. The monoisotopic (exact) mass is 259 g/mol. The van der Waals surface area contributed by atoms with Gasteiger partial charge in [0.25, 0.3) is 0 Å². The Bertz CT molecular complexity index is 481. The highest BCUT2D eigenvalue weighted by Gasteiger charge is 2.38. The van der Waals surface area contributed by atoms with Gasteiger partial charge < -0.3 is 5.11 Å². The van der Waals surface area contributed by atoms with E-state index >= 15 is 0 Å². The number of carboxylic acid groups (broad SMARTS) is 1. The lowest BCUT2D eigenvalue weighted by Gasteiger charge is -2.32. The molecule has 0 aromatic heterocycles. The highest BCUT2D eigenvalue weighted by Crippen LogP contribution is 2.39.